The Morgan fingerprint density at radius 1 is 1.40 bits per heavy atom. The quantitative estimate of drug-likeness (QED) is 0.660. The second-order valence-electron chi connectivity index (χ2n) is 4.01. The number of hydrogen-bond acceptors (Lipinski definition) is 0. The van der Waals surface area contributed by atoms with Gasteiger partial charge in [0.1, 0.15) is 0 Å². The number of alkyl halides is 1. The fourth-order valence-corrected chi connectivity index (χ4v) is 1.97. The maximum Gasteiger partial charge on any atom is 0.0439 e. The first-order valence-corrected chi connectivity index (χ1v) is 5.98. The van der Waals surface area contributed by atoms with Gasteiger partial charge in [0, 0.05) is 10.9 Å². The third kappa shape index (κ3) is 3.55. The summed E-state index contributed by atoms with van der Waals surface area (Å²) in [5.41, 5.74) is 3.64. The van der Waals surface area contributed by atoms with Crippen LogP contribution in [0.3, 0.4) is 0 Å². The highest BCUT2D eigenvalue weighted by atomic mass is 35.5. The molecule has 0 heterocycles. The number of benzene rings is 1. The van der Waals surface area contributed by atoms with E-state index in [4.69, 9.17) is 23.2 Å². The van der Waals surface area contributed by atoms with E-state index < -0.39 is 0 Å². The summed E-state index contributed by atoms with van der Waals surface area (Å²) < 4.78 is 0. The Hall–Kier alpha value is -0.460. The van der Waals surface area contributed by atoms with Gasteiger partial charge in [-0.05, 0) is 36.1 Å². The van der Waals surface area contributed by atoms with Gasteiger partial charge in [0.25, 0.3) is 0 Å². The topological polar surface area (TPSA) is 0 Å². The van der Waals surface area contributed by atoms with Crippen molar-refractivity contribution in [3.63, 3.8) is 0 Å². The highest BCUT2D eigenvalue weighted by Crippen LogP contribution is 2.21. The normalized spacial score (nSPS) is 12.3. The monoisotopic (exact) mass is 242 g/mol. The maximum absolute atomic E-state index is 5.90. The van der Waals surface area contributed by atoms with Gasteiger partial charge in [-0.3, -0.25) is 0 Å². The molecule has 0 nitrogen and oxygen atoms in total. The lowest BCUT2D eigenvalue weighted by Crippen LogP contribution is -1.95. The molecule has 0 aliphatic rings. The van der Waals surface area contributed by atoms with Crippen LogP contribution in [0.2, 0.25) is 5.02 Å². The second-order valence-corrected chi connectivity index (χ2v) is 4.71. The van der Waals surface area contributed by atoms with Crippen molar-refractivity contribution in [2.45, 2.75) is 20.8 Å². The zero-order chi connectivity index (χ0) is 11.4. The van der Waals surface area contributed by atoms with Crippen LogP contribution >= 0.6 is 23.2 Å². The Kier molecular flexibility index (Phi) is 4.69. The average molecular weight is 243 g/mol. The zero-order valence-electron chi connectivity index (χ0n) is 9.35. The van der Waals surface area contributed by atoms with E-state index in [1.165, 1.54) is 16.7 Å². The SMILES string of the molecule is Cc1cc(Cl)ccc1/C=C(\CCl)C(C)C. The third-order valence-corrected chi connectivity index (χ3v) is 3.01. The smallest absolute Gasteiger partial charge is 0.0439 e. The van der Waals surface area contributed by atoms with Gasteiger partial charge in [0.15, 0.2) is 0 Å². The highest BCUT2D eigenvalue weighted by molar-refractivity contribution is 6.30. The van der Waals surface area contributed by atoms with Gasteiger partial charge in [-0.2, -0.15) is 0 Å². The van der Waals surface area contributed by atoms with Crippen molar-refractivity contribution in [2.24, 2.45) is 5.92 Å². The molecule has 1 aromatic rings. The first-order chi connectivity index (χ1) is 7.04. The van der Waals surface area contributed by atoms with Gasteiger partial charge in [-0.1, -0.05) is 43.2 Å². The molecule has 0 atom stereocenters. The van der Waals surface area contributed by atoms with E-state index in [1.807, 2.05) is 18.2 Å². The van der Waals surface area contributed by atoms with Crippen LogP contribution in [-0.2, 0) is 0 Å². The van der Waals surface area contributed by atoms with E-state index in [1.54, 1.807) is 0 Å². The van der Waals surface area contributed by atoms with Crippen molar-refractivity contribution in [3.8, 4) is 0 Å². The van der Waals surface area contributed by atoms with E-state index in [0.717, 1.165) is 5.02 Å². The van der Waals surface area contributed by atoms with Gasteiger partial charge >= 0.3 is 0 Å². The lowest BCUT2D eigenvalue weighted by molar-refractivity contribution is 0.778. The van der Waals surface area contributed by atoms with Crippen LogP contribution in [0, 0.1) is 12.8 Å². The molecule has 15 heavy (non-hydrogen) atoms. The predicted octanol–water partition coefficient (Wildman–Crippen LogP) is 4.93. The van der Waals surface area contributed by atoms with Gasteiger partial charge in [-0.15, -0.1) is 11.6 Å². The van der Waals surface area contributed by atoms with Crippen molar-refractivity contribution in [1.29, 1.82) is 0 Å². The van der Waals surface area contributed by atoms with E-state index in [-0.39, 0.29) is 0 Å². The Morgan fingerprint density at radius 3 is 2.53 bits per heavy atom. The van der Waals surface area contributed by atoms with E-state index >= 15 is 0 Å². The first-order valence-electron chi connectivity index (χ1n) is 5.07. The molecule has 0 amide bonds. The van der Waals surface area contributed by atoms with Crippen LogP contribution < -0.4 is 0 Å². The largest absolute Gasteiger partial charge is 0.122 e. The summed E-state index contributed by atoms with van der Waals surface area (Å²) in [5.74, 6) is 1.07. The fraction of sp³-hybridized carbons (Fsp3) is 0.385. The molecule has 0 saturated carbocycles. The van der Waals surface area contributed by atoms with Crippen LogP contribution in [0.5, 0.6) is 0 Å². The molecule has 0 aliphatic carbocycles. The number of halogens is 2. The van der Waals surface area contributed by atoms with E-state index in [0.29, 0.717) is 11.8 Å². The Labute approximate surface area is 102 Å². The molecule has 0 aromatic heterocycles. The van der Waals surface area contributed by atoms with Gasteiger partial charge < -0.3 is 0 Å². The molecule has 1 aromatic carbocycles. The van der Waals surface area contributed by atoms with Crippen molar-refractivity contribution in [2.75, 3.05) is 5.88 Å². The zero-order valence-corrected chi connectivity index (χ0v) is 10.9. The summed E-state index contributed by atoms with van der Waals surface area (Å²) in [7, 11) is 0. The van der Waals surface area contributed by atoms with Crippen molar-refractivity contribution < 1.29 is 0 Å². The standard InChI is InChI=1S/C13H16Cl2/c1-9(2)12(8-14)7-11-4-5-13(15)6-10(11)3/h4-7,9H,8H2,1-3H3/b12-7+. The lowest BCUT2D eigenvalue weighted by atomic mass is 10.00. The third-order valence-electron chi connectivity index (χ3n) is 2.47. The summed E-state index contributed by atoms with van der Waals surface area (Å²) >= 11 is 11.8. The molecular formula is C13H16Cl2. The summed E-state index contributed by atoms with van der Waals surface area (Å²) in [6, 6.07) is 5.92. The molecule has 0 saturated heterocycles. The van der Waals surface area contributed by atoms with Crippen molar-refractivity contribution in [1.82, 2.24) is 0 Å². The molecule has 0 radical (unpaired) electrons. The number of allylic oxidation sites excluding steroid dienone is 1. The number of rotatable bonds is 3. The molecular weight excluding hydrogens is 227 g/mol. The molecule has 0 fully saturated rings. The minimum absolute atomic E-state index is 0.484. The van der Waals surface area contributed by atoms with Crippen LogP contribution in [0.1, 0.15) is 25.0 Å². The predicted molar refractivity (Wildman–Crippen MR) is 69.7 cm³/mol. The van der Waals surface area contributed by atoms with Crippen LogP contribution in [0.15, 0.2) is 23.8 Å². The summed E-state index contributed by atoms with van der Waals surface area (Å²) in [4.78, 5) is 0. The van der Waals surface area contributed by atoms with Crippen molar-refractivity contribution >= 4 is 29.3 Å². The maximum atomic E-state index is 5.90. The van der Waals surface area contributed by atoms with E-state index in [2.05, 4.69) is 26.8 Å². The Bertz CT molecular complexity index is 365. The Balaban J connectivity index is 3.06. The van der Waals surface area contributed by atoms with Crippen LogP contribution in [0.25, 0.3) is 6.08 Å². The summed E-state index contributed by atoms with van der Waals surface area (Å²) in [6.45, 7) is 6.36. The number of hydrogen-bond donors (Lipinski definition) is 0. The Morgan fingerprint density at radius 2 is 2.07 bits per heavy atom. The van der Waals surface area contributed by atoms with Crippen LogP contribution in [-0.4, -0.2) is 5.88 Å². The molecule has 0 unspecified atom stereocenters. The summed E-state index contributed by atoms with van der Waals surface area (Å²) in [6.07, 6.45) is 2.16. The highest BCUT2D eigenvalue weighted by Gasteiger charge is 2.03. The van der Waals surface area contributed by atoms with Crippen LogP contribution in [0.4, 0.5) is 0 Å². The molecule has 0 spiro atoms. The van der Waals surface area contributed by atoms with Gasteiger partial charge in [0.2, 0.25) is 0 Å². The first kappa shape index (κ1) is 12.6. The molecule has 1 rings (SSSR count). The minimum atomic E-state index is 0.484. The molecule has 82 valence electrons. The minimum Gasteiger partial charge on any atom is -0.122 e. The molecule has 2 heteroatoms. The lowest BCUT2D eigenvalue weighted by Gasteiger charge is -2.09. The average Bonchev–Trinajstić information content (AvgIpc) is 2.16. The summed E-state index contributed by atoms with van der Waals surface area (Å²) in [5, 5.41) is 0.779. The van der Waals surface area contributed by atoms with Crippen molar-refractivity contribution in [3.05, 3.63) is 39.9 Å². The fourth-order valence-electron chi connectivity index (χ4n) is 1.36. The second kappa shape index (κ2) is 5.58. The molecule has 0 aliphatic heterocycles. The van der Waals surface area contributed by atoms with Gasteiger partial charge in [0.05, 0.1) is 0 Å². The van der Waals surface area contributed by atoms with Gasteiger partial charge in [-0.25, -0.2) is 0 Å². The molecule has 0 N–H and O–H groups in total. The van der Waals surface area contributed by atoms with E-state index in [9.17, 15) is 0 Å². The number of aryl methyl sites for hydroxylation is 1. The molecule has 0 bridgehead atoms.